The summed E-state index contributed by atoms with van der Waals surface area (Å²) in [6, 6.07) is 5.49. The predicted octanol–water partition coefficient (Wildman–Crippen LogP) is 6.38. The molecule has 0 amide bonds. The molecule has 122 valence electrons. The zero-order valence-electron chi connectivity index (χ0n) is 12.7. The lowest BCUT2D eigenvalue weighted by molar-refractivity contribution is 0.414. The third-order valence-corrected chi connectivity index (χ3v) is 5.59. The van der Waals surface area contributed by atoms with Crippen molar-refractivity contribution in [3.63, 3.8) is 0 Å². The van der Waals surface area contributed by atoms with E-state index in [1.165, 1.54) is 0 Å². The molecule has 2 aromatic carbocycles. The van der Waals surface area contributed by atoms with Crippen LogP contribution in [0.15, 0.2) is 24.3 Å². The van der Waals surface area contributed by atoms with Crippen LogP contribution >= 0.6 is 34.7 Å². The molecule has 0 N–H and O–H groups in total. The Hall–Kier alpha value is -1.62. The summed E-state index contributed by atoms with van der Waals surface area (Å²) >= 11 is 13.6. The van der Waals surface area contributed by atoms with Crippen molar-refractivity contribution in [1.82, 2.24) is 4.37 Å². The van der Waals surface area contributed by atoms with Crippen molar-refractivity contribution >= 4 is 51.7 Å². The number of halogens is 3. The molecular weight excluding hydrogens is 368 g/mol. The van der Waals surface area contributed by atoms with Gasteiger partial charge in [0.2, 0.25) is 0 Å². The van der Waals surface area contributed by atoms with E-state index in [0.717, 1.165) is 35.5 Å². The molecule has 0 aliphatic heterocycles. The summed E-state index contributed by atoms with van der Waals surface area (Å²) in [6.07, 6.45) is 5.94. The van der Waals surface area contributed by atoms with Gasteiger partial charge in [0.1, 0.15) is 15.6 Å². The highest BCUT2D eigenvalue weighted by atomic mass is 35.5. The number of benzene rings is 2. The Bertz CT molecular complexity index is 997. The highest BCUT2D eigenvalue weighted by molar-refractivity contribution is 7.12. The van der Waals surface area contributed by atoms with Crippen molar-refractivity contribution in [1.29, 1.82) is 0 Å². The number of allylic oxidation sites excluding steroid dienone is 1. The van der Waals surface area contributed by atoms with E-state index in [4.69, 9.17) is 27.9 Å². The predicted molar refractivity (Wildman–Crippen MR) is 98.9 cm³/mol. The largest absolute Gasteiger partial charge is 0.497 e. The van der Waals surface area contributed by atoms with Gasteiger partial charge in [0.05, 0.1) is 12.1 Å². The zero-order chi connectivity index (χ0) is 16.8. The summed E-state index contributed by atoms with van der Waals surface area (Å²) in [5.74, 6) is 0.237. The van der Waals surface area contributed by atoms with Gasteiger partial charge in [-0.05, 0) is 59.3 Å². The molecule has 0 bridgehead atoms. The Morgan fingerprint density at radius 3 is 2.88 bits per heavy atom. The van der Waals surface area contributed by atoms with Gasteiger partial charge in [-0.3, -0.25) is 0 Å². The number of rotatable bonds is 2. The molecule has 0 unspecified atom stereocenters. The topological polar surface area (TPSA) is 22.1 Å². The molecule has 1 heterocycles. The van der Waals surface area contributed by atoms with Crippen LogP contribution in [0.4, 0.5) is 4.39 Å². The highest BCUT2D eigenvalue weighted by Crippen LogP contribution is 2.43. The third-order valence-electron chi connectivity index (χ3n) is 4.23. The van der Waals surface area contributed by atoms with Gasteiger partial charge in [0, 0.05) is 10.9 Å². The maximum absolute atomic E-state index is 15.2. The van der Waals surface area contributed by atoms with Crippen molar-refractivity contribution < 1.29 is 9.13 Å². The number of nitrogens with zero attached hydrogens (tertiary/aromatic N) is 1. The quantitative estimate of drug-likeness (QED) is 0.515. The fourth-order valence-electron chi connectivity index (χ4n) is 3.08. The Kier molecular flexibility index (Phi) is 3.99. The summed E-state index contributed by atoms with van der Waals surface area (Å²) in [5, 5.41) is 0.858. The van der Waals surface area contributed by atoms with Gasteiger partial charge in [-0.1, -0.05) is 35.4 Å². The molecule has 6 heteroatoms. The molecule has 0 saturated heterocycles. The standard InChI is InChI=1S/C18H12Cl2FNOS/c1-23-10-6-9-4-2-3-5-11(9)12(7-10)15-14(19)8-13-17(16(15)21)22-24-18(13)20/h3,5-8H,2,4H2,1H3. The molecule has 1 aliphatic carbocycles. The molecule has 0 radical (unpaired) electrons. The summed E-state index contributed by atoms with van der Waals surface area (Å²) in [6.45, 7) is 0. The van der Waals surface area contributed by atoms with E-state index in [2.05, 4.69) is 10.4 Å². The Balaban J connectivity index is 2.07. The normalized spacial score (nSPS) is 13.3. The van der Waals surface area contributed by atoms with E-state index in [9.17, 15) is 0 Å². The van der Waals surface area contributed by atoms with Gasteiger partial charge in [0.25, 0.3) is 0 Å². The van der Waals surface area contributed by atoms with E-state index >= 15 is 4.39 Å². The molecular formula is C18H12Cl2FNOS. The van der Waals surface area contributed by atoms with Crippen LogP contribution in [0.1, 0.15) is 17.5 Å². The van der Waals surface area contributed by atoms with Gasteiger partial charge >= 0.3 is 0 Å². The lowest BCUT2D eigenvalue weighted by Gasteiger charge is -2.18. The first-order chi connectivity index (χ1) is 11.6. The van der Waals surface area contributed by atoms with Crippen LogP contribution in [-0.2, 0) is 6.42 Å². The van der Waals surface area contributed by atoms with Crippen molar-refractivity contribution in [2.24, 2.45) is 0 Å². The molecule has 1 aromatic heterocycles. The molecule has 1 aliphatic rings. The van der Waals surface area contributed by atoms with Gasteiger partial charge < -0.3 is 4.74 Å². The Morgan fingerprint density at radius 2 is 2.08 bits per heavy atom. The second-order valence-corrected chi connectivity index (χ2v) is 7.37. The van der Waals surface area contributed by atoms with Gasteiger partial charge in [0.15, 0.2) is 5.82 Å². The zero-order valence-corrected chi connectivity index (χ0v) is 15.0. The van der Waals surface area contributed by atoms with Crippen LogP contribution in [0, 0.1) is 5.82 Å². The Morgan fingerprint density at radius 1 is 1.25 bits per heavy atom. The first-order valence-corrected chi connectivity index (χ1v) is 8.93. The average molecular weight is 380 g/mol. The minimum absolute atomic E-state index is 0.251. The van der Waals surface area contributed by atoms with E-state index in [1.54, 1.807) is 13.2 Å². The van der Waals surface area contributed by atoms with E-state index < -0.39 is 5.82 Å². The van der Waals surface area contributed by atoms with Crippen molar-refractivity contribution in [2.45, 2.75) is 12.8 Å². The number of aromatic nitrogens is 1. The highest BCUT2D eigenvalue weighted by Gasteiger charge is 2.22. The maximum atomic E-state index is 15.2. The number of ether oxygens (including phenoxy) is 1. The van der Waals surface area contributed by atoms with Gasteiger partial charge in [-0.25, -0.2) is 4.39 Å². The van der Waals surface area contributed by atoms with Crippen LogP contribution in [-0.4, -0.2) is 11.5 Å². The first-order valence-electron chi connectivity index (χ1n) is 7.41. The first kappa shape index (κ1) is 15.9. The van der Waals surface area contributed by atoms with Gasteiger partial charge in [-0.15, -0.1) is 0 Å². The monoisotopic (exact) mass is 379 g/mol. The molecule has 4 rings (SSSR count). The number of fused-ring (bicyclic) bond motifs is 2. The fraction of sp³-hybridized carbons (Fsp3) is 0.167. The van der Waals surface area contributed by atoms with Crippen LogP contribution in [0.5, 0.6) is 5.75 Å². The summed E-state index contributed by atoms with van der Waals surface area (Å²) < 4.78 is 25.1. The van der Waals surface area contributed by atoms with E-state index in [-0.39, 0.29) is 5.52 Å². The molecule has 2 nitrogen and oxygen atoms in total. The second-order valence-electron chi connectivity index (χ2n) is 5.59. The van der Waals surface area contributed by atoms with Crippen LogP contribution in [0.25, 0.3) is 28.1 Å². The molecule has 0 fully saturated rings. The van der Waals surface area contributed by atoms with E-state index in [1.807, 2.05) is 18.2 Å². The lowest BCUT2D eigenvalue weighted by atomic mass is 9.89. The smallest absolute Gasteiger partial charge is 0.159 e. The summed E-state index contributed by atoms with van der Waals surface area (Å²) in [4.78, 5) is 0. The number of methoxy groups -OCH3 is 1. The molecule has 24 heavy (non-hydrogen) atoms. The fourth-order valence-corrected chi connectivity index (χ4v) is 4.23. The summed E-state index contributed by atoms with van der Waals surface area (Å²) in [7, 11) is 1.60. The SMILES string of the molecule is COc1cc2c(c(-c3c(Cl)cc4c(Cl)snc4c3F)c1)C=CCC2. The maximum Gasteiger partial charge on any atom is 0.159 e. The van der Waals surface area contributed by atoms with Crippen LogP contribution < -0.4 is 4.74 Å². The Labute approximate surface area is 152 Å². The van der Waals surface area contributed by atoms with Crippen molar-refractivity contribution in [3.8, 4) is 16.9 Å². The lowest BCUT2D eigenvalue weighted by Crippen LogP contribution is -2.00. The number of aryl methyl sites for hydroxylation is 1. The third kappa shape index (κ3) is 2.41. The molecule has 3 aromatic rings. The minimum atomic E-state index is -0.449. The average Bonchev–Trinajstić information content (AvgIpc) is 2.96. The van der Waals surface area contributed by atoms with Crippen molar-refractivity contribution in [2.75, 3.05) is 7.11 Å². The minimum Gasteiger partial charge on any atom is -0.497 e. The number of hydrogen-bond donors (Lipinski definition) is 0. The van der Waals surface area contributed by atoms with Crippen LogP contribution in [0.2, 0.25) is 9.36 Å². The van der Waals surface area contributed by atoms with Crippen LogP contribution in [0.3, 0.4) is 0 Å². The van der Waals surface area contributed by atoms with Gasteiger partial charge in [-0.2, -0.15) is 4.37 Å². The molecule has 0 spiro atoms. The number of hydrogen-bond acceptors (Lipinski definition) is 3. The van der Waals surface area contributed by atoms with Crippen molar-refractivity contribution in [3.05, 3.63) is 50.6 Å². The second kappa shape index (κ2) is 6.03. The molecule has 0 saturated carbocycles. The molecule has 0 atom stereocenters. The van der Waals surface area contributed by atoms with E-state index in [0.29, 0.717) is 31.6 Å². The summed E-state index contributed by atoms with van der Waals surface area (Å²) in [5.41, 5.74) is 3.41.